The number of hydrogen-bond donors (Lipinski definition) is 2. The monoisotopic (exact) mass is 643 g/mol. The largest absolute Gasteiger partial charge is 0.490 e. The van der Waals surface area contributed by atoms with Crippen LogP contribution in [0.3, 0.4) is 0 Å². The van der Waals surface area contributed by atoms with E-state index in [4.69, 9.17) is 21.1 Å². The molecule has 236 valence electrons. The summed E-state index contributed by atoms with van der Waals surface area (Å²) in [7, 11) is -2.67. The molecule has 44 heavy (non-hydrogen) atoms. The summed E-state index contributed by atoms with van der Waals surface area (Å²) >= 11 is 6.38. The van der Waals surface area contributed by atoms with Gasteiger partial charge >= 0.3 is 6.09 Å². The standard InChI is InChI=1S/C32H38ClN3O7S/c1-20-30(37)34-44(40,41)24-9-12-29-27(16-24)35(17-22-7-10-25(22)28(42-2)6-4-14-36(20)31(38)39)18-32(19-43-29)13-3-5-21-15-23(33)8-11-26(21)32/h4,6,8-9,11-12,15-16,20,22,25,28H,3,5,7,10,13-14,17-19H2,1-2H3,(H,34,37)(H,38,39)/b6-4-/t20-,22+,25-,28-,32+/m1/s1. The fourth-order valence-electron chi connectivity index (χ4n) is 7.32. The molecule has 0 unspecified atom stereocenters. The van der Waals surface area contributed by atoms with Gasteiger partial charge in [0.05, 0.1) is 23.3 Å². The summed E-state index contributed by atoms with van der Waals surface area (Å²) in [5.74, 6) is 0.0906. The van der Waals surface area contributed by atoms with Crippen molar-refractivity contribution in [3.8, 4) is 5.75 Å². The van der Waals surface area contributed by atoms with Crippen LogP contribution in [0.25, 0.3) is 0 Å². The number of methoxy groups -OCH3 is 1. The van der Waals surface area contributed by atoms with Crippen molar-refractivity contribution in [1.82, 2.24) is 9.62 Å². The Hall–Kier alpha value is -3.28. The van der Waals surface area contributed by atoms with Crippen molar-refractivity contribution in [3.63, 3.8) is 0 Å². The topological polar surface area (TPSA) is 125 Å². The number of hydrogen-bond acceptors (Lipinski definition) is 7. The lowest BCUT2D eigenvalue weighted by Gasteiger charge is -2.46. The van der Waals surface area contributed by atoms with Crippen molar-refractivity contribution in [2.24, 2.45) is 11.8 Å². The summed E-state index contributed by atoms with van der Waals surface area (Å²) in [5, 5.41) is 10.5. The lowest BCUT2D eigenvalue weighted by molar-refractivity contribution is -0.123. The van der Waals surface area contributed by atoms with Gasteiger partial charge in [-0.15, -0.1) is 0 Å². The molecule has 10 nitrogen and oxygen atoms in total. The van der Waals surface area contributed by atoms with Crippen LogP contribution in [0.1, 0.15) is 43.7 Å². The number of benzene rings is 2. The molecule has 1 saturated carbocycles. The second kappa shape index (κ2) is 11.9. The van der Waals surface area contributed by atoms with Crippen LogP contribution in [-0.2, 0) is 31.4 Å². The minimum absolute atomic E-state index is 0.0878. The highest BCUT2D eigenvalue weighted by Crippen LogP contribution is 2.47. The number of amides is 2. The first-order chi connectivity index (χ1) is 21.0. The quantitative estimate of drug-likeness (QED) is 0.432. The number of carbonyl (C=O) groups is 2. The van der Waals surface area contributed by atoms with E-state index < -0.39 is 28.1 Å². The Kier molecular flexibility index (Phi) is 8.32. The Balaban J connectivity index is 1.44. The minimum atomic E-state index is -4.32. The highest BCUT2D eigenvalue weighted by atomic mass is 35.5. The number of nitrogens with one attached hydrogen (secondary N) is 1. The minimum Gasteiger partial charge on any atom is -0.490 e. The van der Waals surface area contributed by atoms with Crippen LogP contribution in [0, 0.1) is 11.8 Å². The Morgan fingerprint density at radius 3 is 2.75 bits per heavy atom. The van der Waals surface area contributed by atoms with Crippen molar-refractivity contribution in [1.29, 1.82) is 0 Å². The molecule has 2 aliphatic heterocycles. The van der Waals surface area contributed by atoms with E-state index in [0.717, 1.165) is 37.0 Å². The highest BCUT2D eigenvalue weighted by Gasteiger charge is 2.44. The lowest BCUT2D eigenvalue weighted by atomic mass is 9.68. The van der Waals surface area contributed by atoms with E-state index in [2.05, 4.69) is 15.7 Å². The lowest BCUT2D eigenvalue weighted by Crippen LogP contribution is -2.50. The zero-order chi connectivity index (χ0) is 31.2. The number of rotatable bonds is 1. The Morgan fingerprint density at radius 1 is 1.20 bits per heavy atom. The molecule has 2 amide bonds. The summed E-state index contributed by atoms with van der Waals surface area (Å²) in [6, 6.07) is 9.48. The van der Waals surface area contributed by atoms with E-state index in [1.807, 2.05) is 18.2 Å². The predicted molar refractivity (Wildman–Crippen MR) is 166 cm³/mol. The average Bonchev–Trinajstić information content (AvgIpc) is 3.12. The SMILES string of the molecule is CO[C@@H]1/C=C\CN(C(=O)O)[C@H](C)C(=O)NS(=O)(=O)c2ccc3c(c2)N(C[C@@H]2CC[C@H]21)C[C@@]1(CCCc2cc(Cl)ccc21)CO3. The molecule has 12 heteroatoms. The second-order valence-electron chi connectivity index (χ2n) is 12.4. The third-order valence-corrected chi connectivity index (χ3v) is 11.5. The molecule has 5 atom stereocenters. The van der Waals surface area contributed by atoms with Gasteiger partial charge in [-0.3, -0.25) is 9.69 Å². The number of anilines is 1. The van der Waals surface area contributed by atoms with Crippen molar-refractivity contribution < 1.29 is 32.6 Å². The van der Waals surface area contributed by atoms with Crippen molar-refractivity contribution in [2.45, 2.75) is 61.5 Å². The van der Waals surface area contributed by atoms with Crippen LogP contribution < -0.4 is 14.4 Å². The van der Waals surface area contributed by atoms with Crippen LogP contribution in [-0.4, -0.2) is 75.9 Å². The molecule has 0 radical (unpaired) electrons. The molecular formula is C32H38ClN3O7S. The van der Waals surface area contributed by atoms with Gasteiger partial charge in [-0.2, -0.15) is 0 Å². The number of nitrogens with zero attached hydrogens (tertiary/aromatic N) is 2. The van der Waals surface area contributed by atoms with Gasteiger partial charge in [-0.25, -0.2) is 17.9 Å². The van der Waals surface area contributed by atoms with Gasteiger partial charge < -0.3 is 19.5 Å². The molecule has 0 saturated heterocycles. The summed E-state index contributed by atoms with van der Waals surface area (Å²) in [6.07, 6.45) is 6.76. The van der Waals surface area contributed by atoms with Gasteiger partial charge in [-0.05, 0) is 92.3 Å². The van der Waals surface area contributed by atoms with Crippen LogP contribution in [0.15, 0.2) is 53.4 Å². The molecule has 2 aromatic rings. The van der Waals surface area contributed by atoms with Crippen LogP contribution in [0.2, 0.25) is 5.02 Å². The molecule has 6 rings (SSSR count). The fraction of sp³-hybridized carbons (Fsp3) is 0.500. The first-order valence-electron chi connectivity index (χ1n) is 15.1. The van der Waals surface area contributed by atoms with Crippen molar-refractivity contribution in [3.05, 3.63) is 64.7 Å². The number of fused-ring (bicyclic) bond motifs is 4. The fourth-order valence-corrected chi connectivity index (χ4v) is 8.58. The third-order valence-electron chi connectivity index (χ3n) is 9.90. The molecule has 1 fully saturated rings. The van der Waals surface area contributed by atoms with E-state index in [-0.39, 0.29) is 34.8 Å². The van der Waals surface area contributed by atoms with Crippen LogP contribution in [0.5, 0.6) is 5.75 Å². The zero-order valence-electron chi connectivity index (χ0n) is 24.9. The molecule has 2 aromatic carbocycles. The molecule has 2 N–H and O–H groups in total. The summed E-state index contributed by atoms with van der Waals surface area (Å²) < 4.78 is 41.5. The van der Waals surface area contributed by atoms with Gasteiger partial charge in [0.2, 0.25) is 0 Å². The molecule has 1 spiro atoms. The van der Waals surface area contributed by atoms with Gasteiger partial charge in [0, 0.05) is 37.2 Å². The van der Waals surface area contributed by atoms with Gasteiger partial charge in [-0.1, -0.05) is 29.8 Å². The number of ether oxygens (including phenoxy) is 2. The number of carboxylic acid groups (broad SMARTS) is 1. The molecule has 0 aromatic heterocycles. The van der Waals surface area contributed by atoms with E-state index in [0.29, 0.717) is 36.2 Å². The normalized spacial score (nSPS) is 30.6. The molecule has 2 bridgehead atoms. The zero-order valence-corrected chi connectivity index (χ0v) is 26.4. The Labute approximate surface area is 263 Å². The van der Waals surface area contributed by atoms with Crippen LogP contribution in [0.4, 0.5) is 10.5 Å². The number of aryl methyl sites for hydroxylation is 1. The van der Waals surface area contributed by atoms with Gasteiger partial charge in [0.15, 0.2) is 0 Å². The molecular weight excluding hydrogens is 606 g/mol. The number of carbonyl (C=O) groups excluding carboxylic acids is 1. The maximum absolute atomic E-state index is 13.5. The Bertz CT molecular complexity index is 1600. The number of sulfonamides is 1. The van der Waals surface area contributed by atoms with Crippen molar-refractivity contribution >= 4 is 39.3 Å². The van der Waals surface area contributed by atoms with E-state index >= 15 is 0 Å². The first-order valence-corrected chi connectivity index (χ1v) is 16.9. The summed E-state index contributed by atoms with van der Waals surface area (Å²) in [6.45, 7) is 3.01. The predicted octanol–water partition coefficient (Wildman–Crippen LogP) is 4.60. The smallest absolute Gasteiger partial charge is 0.408 e. The summed E-state index contributed by atoms with van der Waals surface area (Å²) in [5.41, 5.74) is 2.77. The average molecular weight is 644 g/mol. The first kappa shape index (κ1) is 30.7. The molecule has 4 aliphatic rings. The Morgan fingerprint density at radius 2 is 2.02 bits per heavy atom. The number of halogens is 1. The van der Waals surface area contributed by atoms with Crippen LogP contribution >= 0.6 is 11.6 Å². The second-order valence-corrected chi connectivity index (χ2v) is 14.6. The van der Waals surface area contributed by atoms with E-state index in [9.17, 15) is 23.1 Å². The maximum Gasteiger partial charge on any atom is 0.408 e. The molecule has 2 aliphatic carbocycles. The molecule has 2 heterocycles. The maximum atomic E-state index is 13.5. The highest BCUT2D eigenvalue weighted by molar-refractivity contribution is 7.90. The van der Waals surface area contributed by atoms with Gasteiger partial charge in [0.25, 0.3) is 15.9 Å². The summed E-state index contributed by atoms with van der Waals surface area (Å²) in [4.78, 5) is 28.1. The van der Waals surface area contributed by atoms with Crippen molar-refractivity contribution in [2.75, 3.05) is 38.3 Å². The van der Waals surface area contributed by atoms with E-state index in [1.54, 1.807) is 25.3 Å². The van der Waals surface area contributed by atoms with Gasteiger partial charge in [0.1, 0.15) is 11.8 Å². The van der Waals surface area contributed by atoms with E-state index in [1.165, 1.54) is 24.1 Å². The third kappa shape index (κ3) is 5.65.